The van der Waals surface area contributed by atoms with E-state index >= 15 is 0 Å². The summed E-state index contributed by atoms with van der Waals surface area (Å²) in [6.45, 7) is 6.41. The molecular weight excluding hydrogens is 502 g/mol. The lowest BCUT2D eigenvalue weighted by Gasteiger charge is -2.38. The van der Waals surface area contributed by atoms with Crippen molar-refractivity contribution in [2.24, 2.45) is 0 Å². The predicted octanol–water partition coefficient (Wildman–Crippen LogP) is 3.60. The van der Waals surface area contributed by atoms with E-state index in [1.165, 1.54) is 4.90 Å². The van der Waals surface area contributed by atoms with Crippen LogP contribution in [0.5, 0.6) is 11.5 Å². The Kier molecular flexibility index (Phi) is 7.53. The predicted molar refractivity (Wildman–Crippen MR) is 135 cm³/mol. The Bertz CT molecular complexity index is 1220. The van der Waals surface area contributed by atoms with E-state index in [2.05, 4.69) is 5.32 Å². The molecule has 2 amide bonds. The van der Waals surface area contributed by atoms with Crippen LogP contribution >= 0.6 is 0 Å². The molecule has 2 N–H and O–H groups in total. The highest BCUT2D eigenvalue weighted by atomic mass is 28.3. The average Bonchev–Trinajstić information content (AvgIpc) is 2.81. The first kappa shape index (κ1) is 26.6. The lowest BCUT2D eigenvalue weighted by Crippen LogP contribution is -2.46. The fourth-order valence-electron chi connectivity index (χ4n) is 4.89. The molecule has 2 aliphatic heterocycles. The lowest BCUT2D eigenvalue weighted by molar-refractivity contribution is -0.140. The minimum atomic E-state index is -2.31. The fraction of sp³-hybridized carbons (Fsp3) is 0.423. The largest absolute Gasteiger partial charge is 0.486 e. The summed E-state index contributed by atoms with van der Waals surface area (Å²) in [5.41, 5.74) is 1.21. The fourth-order valence-corrected chi connectivity index (χ4v) is 6.47. The standard InChI is InChI=1S/C26H30F2N2O6Si/c1-37(2,3)25-18(27)13-15(14-19(25)28)29-26(34)23-16-7-8-20-24(36-12-11-35-20)17(16)9-10-30(23)21(31)5-4-6-22(32)33/h7-8,13-14,23H,4-6,9-12H2,1-3H3,(H,29,34)(H,32,33)/t23-/m1/s1. The Labute approximate surface area is 214 Å². The number of nitrogens with zero attached hydrogens (tertiary/aromatic N) is 1. The maximum absolute atomic E-state index is 14.8. The second kappa shape index (κ2) is 10.5. The molecule has 37 heavy (non-hydrogen) atoms. The molecule has 0 bridgehead atoms. The highest BCUT2D eigenvalue weighted by molar-refractivity contribution is 6.88. The summed E-state index contributed by atoms with van der Waals surface area (Å²) >= 11 is 0. The van der Waals surface area contributed by atoms with Crippen LogP contribution in [0.25, 0.3) is 0 Å². The number of rotatable bonds is 7. The molecule has 0 saturated carbocycles. The van der Waals surface area contributed by atoms with E-state index in [-0.39, 0.29) is 42.6 Å². The number of nitrogens with one attached hydrogen (secondary N) is 1. The summed E-state index contributed by atoms with van der Waals surface area (Å²) in [5, 5.41) is 11.6. The van der Waals surface area contributed by atoms with E-state index in [9.17, 15) is 23.2 Å². The molecule has 0 spiro atoms. The number of benzene rings is 2. The molecule has 0 aromatic heterocycles. The van der Waals surface area contributed by atoms with Crippen LogP contribution in [0.3, 0.4) is 0 Å². The number of carbonyl (C=O) groups is 3. The average molecular weight is 533 g/mol. The van der Waals surface area contributed by atoms with Crippen molar-refractivity contribution in [3.63, 3.8) is 0 Å². The maximum atomic E-state index is 14.8. The van der Waals surface area contributed by atoms with Crippen molar-refractivity contribution < 1.29 is 37.7 Å². The molecule has 2 aromatic rings. The molecular formula is C26H30F2N2O6Si. The first-order valence-electron chi connectivity index (χ1n) is 12.2. The molecule has 4 rings (SSSR count). The number of hydrogen-bond donors (Lipinski definition) is 2. The molecule has 2 heterocycles. The number of fused-ring (bicyclic) bond motifs is 3. The SMILES string of the molecule is C[Si](C)(C)c1c(F)cc(NC(=O)[C@H]2c3ccc4c(c3CCN2C(=O)CCCC(=O)O)OCCO4)cc1F. The highest BCUT2D eigenvalue weighted by Gasteiger charge is 2.38. The van der Waals surface area contributed by atoms with Crippen LogP contribution in [0, 0.1) is 11.6 Å². The van der Waals surface area contributed by atoms with Crippen molar-refractivity contribution in [2.45, 2.75) is 51.4 Å². The van der Waals surface area contributed by atoms with Gasteiger partial charge in [-0.25, -0.2) is 8.78 Å². The Morgan fingerprint density at radius 1 is 1.08 bits per heavy atom. The first-order valence-corrected chi connectivity index (χ1v) is 15.7. The number of carbonyl (C=O) groups excluding carboxylic acids is 2. The number of amides is 2. The summed E-state index contributed by atoms with van der Waals surface area (Å²) < 4.78 is 41.1. The Morgan fingerprint density at radius 3 is 2.41 bits per heavy atom. The van der Waals surface area contributed by atoms with Crippen molar-refractivity contribution in [1.29, 1.82) is 0 Å². The summed E-state index contributed by atoms with van der Waals surface area (Å²) in [7, 11) is -2.31. The molecule has 0 radical (unpaired) electrons. The first-order chi connectivity index (χ1) is 17.5. The number of carboxylic acid groups (broad SMARTS) is 1. The van der Waals surface area contributed by atoms with Gasteiger partial charge < -0.3 is 24.8 Å². The number of anilines is 1. The third-order valence-corrected chi connectivity index (χ3v) is 8.44. The summed E-state index contributed by atoms with van der Waals surface area (Å²) in [4.78, 5) is 39.0. The molecule has 0 saturated heterocycles. The van der Waals surface area contributed by atoms with Crippen molar-refractivity contribution in [3.05, 3.63) is 47.0 Å². The van der Waals surface area contributed by atoms with Crippen LogP contribution in [0.4, 0.5) is 14.5 Å². The topological polar surface area (TPSA) is 105 Å². The smallest absolute Gasteiger partial charge is 0.303 e. The van der Waals surface area contributed by atoms with Gasteiger partial charge in [0.25, 0.3) is 5.91 Å². The lowest BCUT2D eigenvalue weighted by atomic mass is 9.90. The summed E-state index contributed by atoms with van der Waals surface area (Å²) in [6.07, 6.45) is 0.309. The van der Waals surface area contributed by atoms with E-state index in [0.717, 1.165) is 17.7 Å². The van der Waals surface area contributed by atoms with Crippen molar-refractivity contribution in [3.8, 4) is 11.5 Å². The van der Waals surface area contributed by atoms with Gasteiger partial charge in [0.15, 0.2) is 11.5 Å². The molecule has 11 heteroatoms. The molecule has 8 nitrogen and oxygen atoms in total. The molecule has 198 valence electrons. The molecule has 1 atom stereocenters. The molecule has 2 aliphatic rings. The Hall–Kier alpha value is -3.47. The minimum Gasteiger partial charge on any atom is -0.486 e. The Morgan fingerprint density at radius 2 is 1.76 bits per heavy atom. The van der Waals surface area contributed by atoms with Gasteiger partial charge in [-0.15, -0.1) is 0 Å². The van der Waals surface area contributed by atoms with Gasteiger partial charge in [0.1, 0.15) is 30.9 Å². The van der Waals surface area contributed by atoms with E-state index in [1.807, 2.05) is 19.6 Å². The normalized spacial score (nSPS) is 16.7. The van der Waals surface area contributed by atoms with E-state index in [1.54, 1.807) is 12.1 Å². The van der Waals surface area contributed by atoms with Crippen molar-refractivity contribution in [2.75, 3.05) is 25.1 Å². The van der Waals surface area contributed by atoms with Gasteiger partial charge in [-0.2, -0.15) is 0 Å². The van der Waals surface area contributed by atoms with Crippen molar-refractivity contribution >= 4 is 36.7 Å². The Balaban J connectivity index is 1.68. The second-order valence-corrected chi connectivity index (χ2v) is 15.2. The highest BCUT2D eigenvalue weighted by Crippen LogP contribution is 2.42. The van der Waals surface area contributed by atoms with Crippen molar-refractivity contribution in [1.82, 2.24) is 4.90 Å². The van der Waals surface area contributed by atoms with Gasteiger partial charge in [0.05, 0.1) is 8.07 Å². The number of aliphatic carboxylic acids is 1. The third-order valence-electron chi connectivity index (χ3n) is 6.47. The monoisotopic (exact) mass is 532 g/mol. The summed E-state index contributed by atoms with van der Waals surface area (Å²) in [6, 6.07) is 4.47. The van der Waals surface area contributed by atoms with Gasteiger partial charge in [-0.1, -0.05) is 25.7 Å². The molecule has 0 aliphatic carbocycles. The molecule has 2 aromatic carbocycles. The van der Waals surface area contributed by atoms with Crippen LogP contribution in [0.1, 0.15) is 36.4 Å². The number of ether oxygens (including phenoxy) is 2. The van der Waals surface area contributed by atoms with Gasteiger partial charge in [0, 0.05) is 35.8 Å². The van der Waals surface area contributed by atoms with Gasteiger partial charge >= 0.3 is 5.97 Å². The zero-order chi connectivity index (χ0) is 26.9. The quantitative estimate of drug-likeness (QED) is 0.528. The summed E-state index contributed by atoms with van der Waals surface area (Å²) in [5.74, 6) is -2.40. The minimum absolute atomic E-state index is 0.0486. The molecule has 0 fully saturated rings. The van der Waals surface area contributed by atoms with Crippen LogP contribution in [-0.4, -0.2) is 55.6 Å². The van der Waals surface area contributed by atoms with Gasteiger partial charge in [0.2, 0.25) is 5.91 Å². The van der Waals surface area contributed by atoms with Crippen LogP contribution in [0.15, 0.2) is 24.3 Å². The van der Waals surface area contributed by atoms with E-state index in [4.69, 9.17) is 14.6 Å². The zero-order valence-corrected chi connectivity index (χ0v) is 22.0. The van der Waals surface area contributed by atoms with Gasteiger partial charge in [-0.05, 0) is 36.6 Å². The van der Waals surface area contributed by atoms with Crippen LogP contribution < -0.4 is 20.0 Å². The number of carboxylic acids is 1. The second-order valence-electron chi connectivity index (χ2n) is 10.2. The maximum Gasteiger partial charge on any atom is 0.303 e. The molecule has 0 unspecified atom stereocenters. The van der Waals surface area contributed by atoms with Crippen LogP contribution in [0.2, 0.25) is 19.6 Å². The van der Waals surface area contributed by atoms with Crippen LogP contribution in [-0.2, 0) is 20.8 Å². The van der Waals surface area contributed by atoms with E-state index < -0.39 is 37.6 Å². The van der Waals surface area contributed by atoms with Gasteiger partial charge in [-0.3, -0.25) is 14.4 Å². The number of hydrogen-bond acceptors (Lipinski definition) is 5. The van der Waals surface area contributed by atoms with E-state index in [0.29, 0.717) is 36.7 Å². The zero-order valence-electron chi connectivity index (χ0n) is 21.0. The third kappa shape index (κ3) is 5.61. The number of halogens is 2.